The smallest absolute Gasteiger partial charge is 0.341 e. The van der Waals surface area contributed by atoms with Crippen LogP contribution in [0.5, 0.6) is 5.75 Å². The van der Waals surface area contributed by atoms with Crippen LogP contribution in [0, 0.1) is 0 Å². The molecule has 0 radical (unpaired) electrons. The molecule has 0 amide bonds. The first-order chi connectivity index (χ1) is 11.5. The molecule has 1 heterocycles. The summed E-state index contributed by atoms with van der Waals surface area (Å²) in [7, 11) is -1.53. The molecule has 0 bridgehead atoms. The zero-order chi connectivity index (χ0) is 17.3. The van der Waals surface area contributed by atoms with Gasteiger partial charge in [0.2, 0.25) is 0 Å². The van der Waals surface area contributed by atoms with E-state index in [0.29, 0.717) is 15.0 Å². The lowest BCUT2D eigenvalue weighted by atomic mass is 10.1. The maximum Gasteiger partial charge on any atom is 0.341 e. The molecule has 5 nitrogen and oxygen atoms in total. The van der Waals surface area contributed by atoms with E-state index >= 15 is 0 Å². The lowest BCUT2D eigenvalue weighted by molar-refractivity contribution is 0.0530. The van der Waals surface area contributed by atoms with Gasteiger partial charge in [0.1, 0.15) is 16.3 Å². The highest BCUT2D eigenvalue weighted by Crippen LogP contribution is 2.42. The third-order valence-electron chi connectivity index (χ3n) is 3.46. The van der Waals surface area contributed by atoms with Gasteiger partial charge in [0, 0.05) is 10.3 Å². The predicted molar refractivity (Wildman–Crippen MR) is 95.0 cm³/mol. The molecule has 3 rings (SSSR count). The number of nitrogens with two attached hydrogens (primary N) is 1. The number of carbonyl (C=O) groups is 1. The van der Waals surface area contributed by atoms with E-state index in [1.54, 1.807) is 43.3 Å². The molecule has 24 heavy (non-hydrogen) atoms. The maximum absolute atomic E-state index is 12.7. The molecule has 1 atom stereocenters. The van der Waals surface area contributed by atoms with Crippen LogP contribution >= 0.6 is 11.3 Å². The minimum Gasteiger partial charge on any atom is -0.505 e. The number of fused-ring (bicyclic) bond motifs is 1. The number of esters is 1. The Kier molecular flexibility index (Phi) is 4.55. The third kappa shape index (κ3) is 2.76. The second-order valence-corrected chi connectivity index (χ2v) is 7.43. The van der Waals surface area contributed by atoms with Gasteiger partial charge in [-0.05, 0) is 25.1 Å². The van der Waals surface area contributed by atoms with Crippen molar-refractivity contribution in [2.24, 2.45) is 0 Å². The topological polar surface area (TPSA) is 89.6 Å². The van der Waals surface area contributed by atoms with E-state index in [2.05, 4.69) is 0 Å². The molecule has 0 fully saturated rings. The van der Waals surface area contributed by atoms with Crippen LogP contribution < -0.4 is 5.73 Å². The number of benzene rings is 2. The van der Waals surface area contributed by atoms with Crippen molar-refractivity contribution < 1.29 is 18.8 Å². The number of hydrogen-bond acceptors (Lipinski definition) is 6. The summed E-state index contributed by atoms with van der Waals surface area (Å²) >= 11 is 1.08. The first-order valence-electron chi connectivity index (χ1n) is 7.22. The summed E-state index contributed by atoms with van der Waals surface area (Å²) in [6, 6.07) is 12.0. The molecule has 2 aromatic carbocycles. The number of thiophene rings is 1. The number of phenols is 1. The maximum atomic E-state index is 12.7. The molecule has 0 unspecified atom stereocenters. The van der Waals surface area contributed by atoms with Crippen LogP contribution in [0.25, 0.3) is 10.1 Å². The first-order valence-corrected chi connectivity index (χ1v) is 9.19. The molecular weight excluding hydrogens is 346 g/mol. The van der Waals surface area contributed by atoms with Crippen molar-refractivity contribution in [1.82, 2.24) is 0 Å². The number of ether oxygens (including phenoxy) is 1. The number of rotatable bonds is 4. The molecule has 0 aliphatic rings. The Morgan fingerprint density at radius 1 is 1.25 bits per heavy atom. The van der Waals surface area contributed by atoms with Gasteiger partial charge in [-0.15, -0.1) is 11.3 Å². The summed E-state index contributed by atoms with van der Waals surface area (Å²) in [6.07, 6.45) is 0. The van der Waals surface area contributed by atoms with Crippen LogP contribution in [0.3, 0.4) is 0 Å². The van der Waals surface area contributed by atoms with Crippen LogP contribution in [0.15, 0.2) is 52.3 Å². The van der Waals surface area contributed by atoms with E-state index in [4.69, 9.17) is 10.5 Å². The number of phenolic OH excluding ortho intramolecular Hbond substituents is 1. The molecule has 0 aliphatic carbocycles. The number of anilines is 1. The van der Waals surface area contributed by atoms with E-state index in [9.17, 15) is 14.1 Å². The fourth-order valence-electron chi connectivity index (χ4n) is 2.38. The van der Waals surface area contributed by atoms with Gasteiger partial charge in [0.15, 0.2) is 0 Å². The standard InChI is InChI=1S/C17H15NO4S2/c1-2-22-17(20)13-11-8-9-12(14(19)15(11)23-16(13)18)24(21)10-6-4-3-5-7-10/h3-9,19H,2,18H2,1H3/t24-/m1/s1. The Morgan fingerprint density at radius 2 is 1.96 bits per heavy atom. The number of carbonyl (C=O) groups excluding carboxylic acids is 1. The van der Waals surface area contributed by atoms with Gasteiger partial charge in [-0.25, -0.2) is 9.00 Å². The van der Waals surface area contributed by atoms with Crippen molar-refractivity contribution in [3.63, 3.8) is 0 Å². The van der Waals surface area contributed by atoms with E-state index in [1.165, 1.54) is 0 Å². The molecule has 0 saturated carbocycles. The predicted octanol–water partition coefficient (Wildman–Crippen LogP) is 3.53. The Labute approximate surface area is 145 Å². The quantitative estimate of drug-likeness (QED) is 0.694. The van der Waals surface area contributed by atoms with Gasteiger partial charge >= 0.3 is 5.97 Å². The summed E-state index contributed by atoms with van der Waals surface area (Å²) < 4.78 is 18.1. The van der Waals surface area contributed by atoms with E-state index in [-0.39, 0.29) is 27.8 Å². The molecule has 124 valence electrons. The van der Waals surface area contributed by atoms with Gasteiger partial charge in [-0.3, -0.25) is 0 Å². The molecule has 7 heteroatoms. The monoisotopic (exact) mass is 361 g/mol. The highest BCUT2D eigenvalue weighted by Gasteiger charge is 2.23. The number of nitrogen functional groups attached to an aromatic ring is 1. The Bertz CT molecular complexity index is 935. The lowest BCUT2D eigenvalue weighted by Crippen LogP contribution is -2.06. The van der Waals surface area contributed by atoms with Crippen molar-refractivity contribution >= 4 is 43.2 Å². The SMILES string of the molecule is CCOC(=O)c1c(N)sc2c(O)c([S@](=O)c3ccccc3)ccc12. The van der Waals surface area contributed by atoms with Crippen molar-refractivity contribution in [3.8, 4) is 5.75 Å². The summed E-state index contributed by atoms with van der Waals surface area (Å²) in [5.74, 6) is -0.653. The van der Waals surface area contributed by atoms with Gasteiger partial charge in [0.05, 0.1) is 27.0 Å². The molecular formula is C17H15NO4S2. The van der Waals surface area contributed by atoms with E-state index < -0.39 is 16.8 Å². The minimum atomic E-state index is -1.53. The largest absolute Gasteiger partial charge is 0.505 e. The number of hydrogen-bond donors (Lipinski definition) is 2. The average Bonchev–Trinajstić information content (AvgIpc) is 2.93. The highest BCUT2D eigenvalue weighted by atomic mass is 32.2. The fraction of sp³-hybridized carbons (Fsp3) is 0.118. The molecule has 1 aromatic heterocycles. The molecule has 3 aromatic rings. The summed E-state index contributed by atoms with van der Waals surface area (Å²) in [4.78, 5) is 12.9. The van der Waals surface area contributed by atoms with Crippen LogP contribution in [-0.2, 0) is 15.5 Å². The van der Waals surface area contributed by atoms with Gasteiger partial charge in [-0.2, -0.15) is 0 Å². The normalized spacial score (nSPS) is 12.2. The van der Waals surface area contributed by atoms with Gasteiger partial charge in [0.25, 0.3) is 0 Å². The number of aromatic hydroxyl groups is 1. The average molecular weight is 361 g/mol. The first kappa shape index (κ1) is 16.5. The summed E-state index contributed by atoms with van der Waals surface area (Å²) in [6.45, 7) is 1.94. The van der Waals surface area contributed by atoms with Crippen LogP contribution in [0.4, 0.5) is 5.00 Å². The van der Waals surface area contributed by atoms with Gasteiger partial charge in [-0.1, -0.05) is 24.3 Å². The second-order valence-electron chi connectivity index (χ2n) is 4.93. The van der Waals surface area contributed by atoms with Gasteiger partial charge < -0.3 is 15.6 Å². The van der Waals surface area contributed by atoms with E-state index in [1.807, 2.05) is 6.07 Å². The van der Waals surface area contributed by atoms with Crippen LogP contribution in [0.2, 0.25) is 0 Å². The second kappa shape index (κ2) is 6.62. The van der Waals surface area contributed by atoms with Crippen molar-refractivity contribution in [2.75, 3.05) is 12.3 Å². The Hall–Kier alpha value is -2.38. The lowest BCUT2D eigenvalue weighted by Gasteiger charge is -2.06. The minimum absolute atomic E-state index is 0.123. The van der Waals surface area contributed by atoms with Crippen LogP contribution in [0.1, 0.15) is 17.3 Å². The summed E-state index contributed by atoms with van der Waals surface area (Å²) in [5, 5.41) is 11.3. The van der Waals surface area contributed by atoms with Crippen molar-refractivity contribution in [3.05, 3.63) is 48.0 Å². The highest BCUT2D eigenvalue weighted by molar-refractivity contribution is 7.85. The molecule has 0 spiro atoms. The third-order valence-corrected chi connectivity index (χ3v) is 5.93. The zero-order valence-electron chi connectivity index (χ0n) is 12.8. The molecule has 0 saturated heterocycles. The Morgan fingerprint density at radius 3 is 2.62 bits per heavy atom. The Balaban J connectivity index is 2.13. The summed E-state index contributed by atoms with van der Waals surface area (Å²) in [5.41, 5.74) is 6.16. The van der Waals surface area contributed by atoms with Crippen molar-refractivity contribution in [2.45, 2.75) is 16.7 Å². The zero-order valence-corrected chi connectivity index (χ0v) is 14.4. The van der Waals surface area contributed by atoms with E-state index in [0.717, 1.165) is 11.3 Å². The van der Waals surface area contributed by atoms with Crippen molar-refractivity contribution in [1.29, 1.82) is 0 Å². The molecule has 0 aliphatic heterocycles. The molecule has 3 N–H and O–H groups in total. The van der Waals surface area contributed by atoms with Crippen LogP contribution in [-0.4, -0.2) is 21.9 Å². The fourth-order valence-corrected chi connectivity index (χ4v) is 4.58.